The number of nitrogens with zero attached hydrogens (tertiary/aromatic N) is 1. The van der Waals surface area contributed by atoms with Gasteiger partial charge >= 0.3 is 0 Å². The first-order valence-electron chi connectivity index (χ1n) is 6.65. The molecule has 2 rings (SSSR count). The summed E-state index contributed by atoms with van der Waals surface area (Å²) in [6.07, 6.45) is 1.80. The maximum Gasteiger partial charge on any atom is 0.0596 e. The smallest absolute Gasteiger partial charge is 0.0596 e. The number of benzene rings is 1. The second-order valence-electron chi connectivity index (χ2n) is 5.14. The normalized spacial score (nSPS) is 26.1. The number of rotatable bonds is 3. The molecule has 17 heavy (non-hydrogen) atoms. The molecule has 1 fully saturated rings. The van der Waals surface area contributed by atoms with Gasteiger partial charge in [-0.1, -0.05) is 31.2 Å². The van der Waals surface area contributed by atoms with Crippen molar-refractivity contribution in [3.05, 3.63) is 35.4 Å². The molecule has 0 amide bonds. The van der Waals surface area contributed by atoms with Crippen molar-refractivity contribution in [3.8, 4) is 0 Å². The Balaban J connectivity index is 2.04. The Morgan fingerprint density at radius 1 is 1.35 bits per heavy atom. The Labute approximate surface area is 104 Å². The molecule has 1 aromatic carbocycles. The van der Waals surface area contributed by atoms with Crippen molar-refractivity contribution >= 4 is 0 Å². The molecule has 0 spiro atoms. The predicted molar refractivity (Wildman–Crippen MR) is 71.1 cm³/mol. The fourth-order valence-corrected chi connectivity index (χ4v) is 2.70. The highest BCUT2D eigenvalue weighted by Gasteiger charge is 2.27. The van der Waals surface area contributed by atoms with Crippen molar-refractivity contribution in [1.82, 2.24) is 4.90 Å². The molecule has 0 saturated carbocycles. The molecule has 0 bridgehead atoms. The largest absolute Gasteiger partial charge is 0.393 e. The lowest BCUT2D eigenvalue weighted by Crippen LogP contribution is -2.43. The minimum Gasteiger partial charge on any atom is -0.393 e. The maximum absolute atomic E-state index is 10.1. The second kappa shape index (κ2) is 5.65. The molecule has 2 heteroatoms. The van der Waals surface area contributed by atoms with Gasteiger partial charge in [-0.25, -0.2) is 0 Å². The molecule has 1 aliphatic rings. The molecule has 2 nitrogen and oxygen atoms in total. The van der Waals surface area contributed by atoms with Gasteiger partial charge in [0.25, 0.3) is 0 Å². The quantitative estimate of drug-likeness (QED) is 0.865. The monoisotopic (exact) mass is 233 g/mol. The summed E-state index contributed by atoms with van der Waals surface area (Å²) in [6.45, 7) is 7.52. The van der Waals surface area contributed by atoms with E-state index in [1.165, 1.54) is 11.1 Å². The Bertz CT molecular complexity index is 364. The van der Waals surface area contributed by atoms with Crippen LogP contribution in [0.3, 0.4) is 0 Å². The van der Waals surface area contributed by atoms with Crippen LogP contribution in [-0.2, 0) is 6.42 Å². The fraction of sp³-hybridized carbons (Fsp3) is 0.600. The molecular weight excluding hydrogens is 210 g/mol. The van der Waals surface area contributed by atoms with Crippen molar-refractivity contribution < 1.29 is 5.11 Å². The number of likely N-dealkylation sites (tertiary alicyclic amines) is 1. The van der Waals surface area contributed by atoms with Crippen LogP contribution >= 0.6 is 0 Å². The van der Waals surface area contributed by atoms with Gasteiger partial charge in [0.15, 0.2) is 0 Å². The molecule has 0 aromatic heterocycles. The molecule has 2 unspecified atom stereocenters. The van der Waals surface area contributed by atoms with Gasteiger partial charge in [0.2, 0.25) is 0 Å². The minimum atomic E-state index is -0.127. The number of hydrogen-bond donors (Lipinski definition) is 1. The Kier molecular flexibility index (Phi) is 4.19. The van der Waals surface area contributed by atoms with Crippen LogP contribution < -0.4 is 0 Å². The fourth-order valence-electron chi connectivity index (χ4n) is 2.70. The topological polar surface area (TPSA) is 23.5 Å². The van der Waals surface area contributed by atoms with Gasteiger partial charge in [-0.15, -0.1) is 0 Å². The van der Waals surface area contributed by atoms with Crippen LogP contribution in [0, 0.1) is 12.8 Å². The van der Waals surface area contributed by atoms with E-state index >= 15 is 0 Å². The van der Waals surface area contributed by atoms with Crippen LogP contribution in [0.15, 0.2) is 24.3 Å². The van der Waals surface area contributed by atoms with Gasteiger partial charge in [0.1, 0.15) is 0 Å². The van der Waals surface area contributed by atoms with Gasteiger partial charge in [0.05, 0.1) is 6.10 Å². The average molecular weight is 233 g/mol. The first kappa shape index (κ1) is 12.6. The van der Waals surface area contributed by atoms with Gasteiger partial charge in [-0.2, -0.15) is 0 Å². The number of hydrogen-bond acceptors (Lipinski definition) is 2. The van der Waals surface area contributed by atoms with Gasteiger partial charge in [-0.05, 0) is 37.4 Å². The molecule has 1 saturated heterocycles. The third-order valence-electron chi connectivity index (χ3n) is 3.97. The van der Waals surface area contributed by atoms with E-state index in [0.29, 0.717) is 5.92 Å². The van der Waals surface area contributed by atoms with E-state index in [4.69, 9.17) is 0 Å². The van der Waals surface area contributed by atoms with E-state index in [0.717, 1.165) is 32.5 Å². The third-order valence-corrected chi connectivity index (χ3v) is 3.97. The highest BCUT2D eigenvalue weighted by atomic mass is 16.3. The standard InChI is InChI=1S/C15H23NO/c1-3-16-9-8-15(17)14(11-16)10-13-7-5-4-6-12(13)2/h4-7,14-15,17H,3,8-11H2,1-2H3. The minimum absolute atomic E-state index is 0.127. The van der Waals surface area contributed by atoms with Crippen LogP contribution in [0.2, 0.25) is 0 Å². The lowest BCUT2D eigenvalue weighted by atomic mass is 9.87. The van der Waals surface area contributed by atoms with Crippen LogP contribution in [0.25, 0.3) is 0 Å². The van der Waals surface area contributed by atoms with E-state index in [9.17, 15) is 5.11 Å². The summed E-state index contributed by atoms with van der Waals surface area (Å²) in [5.41, 5.74) is 2.72. The third kappa shape index (κ3) is 3.08. The van der Waals surface area contributed by atoms with Crippen LogP contribution in [0.4, 0.5) is 0 Å². The molecule has 1 N–H and O–H groups in total. The first-order valence-corrected chi connectivity index (χ1v) is 6.65. The van der Waals surface area contributed by atoms with Crippen LogP contribution in [0.1, 0.15) is 24.5 Å². The lowest BCUT2D eigenvalue weighted by Gasteiger charge is -2.35. The molecule has 94 valence electrons. The lowest BCUT2D eigenvalue weighted by molar-refractivity contribution is 0.0289. The van der Waals surface area contributed by atoms with Crippen LogP contribution in [0.5, 0.6) is 0 Å². The number of piperidine rings is 1. The van der Waals surface area contributed by atoms with Gasteiger partial charge in [-0.3, -0.25) is 0 Å². The molecule has 1 heterocycles. The number of aliphatic hydroxyl groups is 1. The molecular formula is C15H23NO. The van der Waals surface area contributed by atoms with E-state index in [2.05, 4.69) is 43.0 Å². The molecule has 2 atom stereocenters. The number of aliphatic hydroxyl groups excluding tert-OH is 1. The molecule has 1 aliphatic heterocycles. The summed E-state index contributed by atoms with van der Waals surface area (Å²) in [5, 5.41) is 10.1. The van der Waals surface area contributed by atoms with E-state index in [1.54, 1.807) is 0 Å². The Morgan fingerprint density at radius 3 is 2.82 bits per heavy atom. The highest BCUT2D eigenvalue weighted by molar-refractivity contribution is 5.26. The Morgan fingerprint density at radius 2 is 2.12 bits per heavy atom. The average Bonchev–Trinajstić information content (AvgIpc) is 2.35. The van der Waals surface area contributed by atoms with E-state index in [1.807, 2.05) is 0 Å². The van der Waals surface area contributed by atoms with Crippen LogP contribution in [-0.4, -0.2) is 35.7 Å². The molecule has 0 radical (unpaired) electrons. The van der Waals surface area contributed by atoms with Crippen molar-refractivity contribution in [2.45, 2.75) is 32.8 Å². The zero-order valence-electron chi connectivity index (χ0n) is 10.9. The van der Waals surface area contributed by atoms with Crippen molar-refractivity contribution in [1.29, 1.82) is 0 Å². The summed E-state index contributed by atoms with van der Waals surface area (Å²) in [4.78, 5) is 2.44. The summed E-state index contributed by atoms with van der Waals surface area (Å²) < 4.78 is 0. The molecule has 0 aliphatic carbocycles. The zero-order valence-corrected chi connectivity index (χ0v) is 10.9. The van der Waals surface area contributed by atoms with E-state index in [-0.39, 0.29) is 6.10 Å². The van der Waals surface area contributed by atoms with Crippen molar-refractivity contribution in [2.75, 3.05) is 19.6 Å². The Hall–Kier alpha value is -0.860. The summed E-state index contributed by atoms with van der Waals surface area (Å²) in [5.74, 6) is 0.393. The first-order chi connectivity index (χ1) is 8.20. The zero-order chi connectivity index (χ0) is 12.3. The predicted octanol–water partition coefficient (Wildman–Crippen LogP) is 2.24. The van der Waals surface area contributed by atoms with Crippen molar-refractivity contribution in [3.63, 3.8) is 0 Å². The van der Waals surface area contributed by atoms with E-state index < -0.39 is 0 Å². The second-order valence-corrected chi connectivity index (χ2v) is 5.14. The summed E-state index contributed by atoms with van der Waals surface area (Å²) in [6, 6.07) is 8.51. The summed E-state index contributed by atoms with van der Waals surface area (Å²) >= 11 is 0. The van der Waals surface area contributed by atoms with Crippen molar-refractivity contribution in [2.24, 2.45) is 5.92 Å². The van der Waals surface area contributed by atoms with Gasteiger partial charge < -0.3 is 10.0 Å². The SMILES string of the molecule is CCN1CCC(O)C(Cc2ccccc2C)C1. The number of aryl methyl sites for hydroxylation is 1. The summed E-state index contributed by atoms with van der Waals surface area (Å²) in [7, 11) is 0. The maximum atomic E-state index is 10.1. The molecule has 1 aromatic rings. The highest BCUT2D eigenvalue weighted by Crippen LogP contribution is 2.22. The van der Waals surface area contributed by atoms with Gasteiger partial charge in [0, 0.05) is 19.0 Å².